The van der Waals surface area contributed by atoms with Crippen LogP contribution in [0.15, 0.2) is 76.3 Å². The molecule has 8 nitrogen and oxygen atoms in total. The lowest BCUT2D eigenvalue weighted by Crippen LogP contribution is -2.49. The lowest BCUT2D eigenvalue weighted by atomic mass is 9.99. The van der Waals surface area contributed by atoms with Crippen LogP contribution in [0.25, 0.3) is 10.8 Å². The number of nitrogens with zero attached hydrogens (tertiary/aromatic N) is 1. The molecule has 1 amide bonds. The van der Waals surface area contributed by atoms with Gasteiger partial charge in [-0.15, -0.1) is 0 Å². The number of nitrogens with one attached hydrogen (secondary N) is 3. The van der Waals surface area contributed by atoms with E-state index >= 15 is 0 Å². The van der Waals surface area contributed by atoms with E-state index in [0.29, 0.717) is 6.42 Å². The summed E-state index contributed by atoms with van der Waals surface area (Å²) in [5, 5.41) is 8.76. The van der Waals surface area contributed by atoms with Gasteiger partial charge >= 0.3 is 0 Å². The van der Waals surface area contributed by atoms with Crippen LogP contribution in [0.1, 0.15) is 38.5 Å². The molecule has 0 aliphatic heterocycles. The number of benzene rings is 2. The van der Waals surface area contributed by atoms with Crippen molar-refractivity contribution >= 4 is 32.4 Å². The maximum atomic E-state index is 13.2. The van der Waals surface area contributed by atoms with E-state index in [-0.39, 0.29) is 23.3 Å². The molecule has 0 aromatic heterocycles. The van der Waals surface area contributed by atoms with E-state index in [2.05, 4.69) is 20.7 Å². The summed E-state index contributed by atoms with van der Waals surface area (Å²) in [7, 11) is -3.91. The fraction of sp³-hybridized carbons (Fsp3) is 0.333. The number of fused-ring (bicyclic) bond motifs is 1. The average molecular weight is 468 g/mol. The topological polar surface area (TPSA) is 126 Å². The lowest BCUT2D eigenvalue weighted by Gasteiger charge is -2.22. The summed E-state index contributed by atoms with van der Waals surface area (Å²) < 4.78 is 29.1. The minimum atomic E-state index is -3.91. The van der Waals surface area contributed by atoms with Crippen LogP contribution in [0.3, 0.4) is 0 Å². The molecule has 0 bridgehead atoms. The number of nitrogens with two attached hydrogens (primary N) is 1. The van der Waals surface area contributed by atoms with Gasteiger partial charge in [-0.05, 0) is 53.8 Å². The van der Waals surface area contributed by atoms with Crippen LogP contribution in [0.2, 0.25) is 0 Å². The Morgan fingerprint density at radius 3 is 2.55 bits per heavy atom. The molecule has 0 radical (unpaired) electrons. The number of allylic oxidation sites excluding steroid dienone is 3. The summed E-state index contributed by atoms with van der Waals surface area (Å²) in [5.41, 5.74) is 3.88. The first-order chi connectivity index (χ1) is 15.9. The van der Waals surface area contributed by atoms with Crippen LogP contribution in [0, 0.1) is 0 Å². The minimum absolute atomic E-state index is 0.0930. The summed E-state index contributed by atoms with van der Waals surface area (Å²) in [6.07, 6.45) is 10.3. The van der Waals surface area contributed by atoms with Crippen molar-refractivity contribution in [2.45, 2.75) is 55.5 Å². The van der Waals surface area contributed by atoms with Gasteiger partial charge < -0.3 is 5.32 Å². The van der Waals surface area contributed by atoms with Crippen LogP contribution >= 0.6 is 0 Å². The highest BCUT2D eigenvalue weighted by Crippen LogP contribution is 2.22. The smallest absolute Gasteiger partial charge is 0.241 e. The predicted molar refractivity (Wildman–Crippen MR) is 130 cm³/mol. The van der Waals surface area contributed by atoms with Crippen molar-refractivity contribution in [1.82, 2.24) is 15.6 Å². The molecule has 1 fully saturated rings. The van der Waals surface area contributed by atoms with Crippen LogP contribution in [-0.2, 0) is 14.8 Å². The van der Waals surface area contributed by atoms with Crippen LogP contribution in [0.4, 0.5) is 0 Å². The largest absolute Gasteiger partial charge is 0.352 e. The molecule has 2 aromatic rings. The molecular formula is C24H29N5O3S. The molecule has 0 unspecified atom stereocenters. The first kappa shape index (κ1) is 23.2. The molecule has 9 heteroatoms. The van der Waals surface area contributed by atoms with Gasteiger partial charge in [0.05, 0.1) is 10.6 Å². The van der Waals surface area contributed by atoms with Crippen molar-refractivity contribution in [3.8, 4) is 0 Å². The molecule has 174 valence electrons. The number of carbonyl (C=O) groups excluding carboxylic acids is 1. The molecule has 0 saturated heterocycles. The summed E-state index contributed by atoms with van der Waals surface area (Å²) in [6, 6.07) is 11.7. The van der Waals surface area contributed by atoms with E-state index in [1.54, 1.807) is 24.3 Å². The number of hydrazone groups is 1. The van der Waals surface area contributed by atoms with Gasteiger partial charge in [-0.3, -0.25) is 4.79 Å². The Morgan fingerprint density at radius 1 is 1.09 bits per heavy atom. The number of hydrazine groups is 1. The minimum Gasteiger partial charge on any atom is -0.352 e. The Balaban J connectivity index is 1.55. The standard InChI is InChI=1S/C24H29N5O3S/c25-29-27-21-12-9-17(10-13-21)15-23(24(30)26-20-7-3-4-8-20)28-33(31,32)22-14-11-18-5-1-2-6-19(18)16-22/h1-2,5-6,9-12,14,16,20,23,28-29H,3-4,7-8,13,15,25H2,(H,26,30)/t23-/m0/s1. The van der Waals surface area contributed by atoms with Gasteiger partial charge in [0, 0.05) is 12.5 Å². The maximum Gasteiger partial charge on any atom is 0.241 e. The number of rotatable bonds is 8. The van der Waals surface area contributed by atoms with E-state index in [4.69, 9.17) is 5.84 Å². The van der Waals surface area contributed by atoms with Crippen molar-refractivity contribution in [2.75, 3.05) is 0 Å². The van der Waals surface area contributed by atoms with E-state index < -0.39 is 16.1 Å². The van der Waals surface area contributed by atoms with Gasteiger partial charge in [0.25, 0.3) is 0 Å². The molecular weight excluding hydrogens is 438 g/mol. The third-order valence-corrected chi connectivity index (χ3v) is 7.53. The Kier molecular flexibility index (Phi) is 7.22. The molecule has 5 N–H and O–H groups in total. The number of amides is 1. The third kappa shape index (κ3) is 5.87. The highest BCUT2D eigenvalue weighted by Gasteiger charge is 2.29. The Bertz CT molecular complexity index is 1210. The summed E-state index contributed by atoms with van der Waals surface area (Å²) in [5.74, 6) is 4.93. The number of carbonyl (C=O) groups is 1. The predicted octanol–water partition coefficient (Wildman–Crippen LogP) is 2.64. The monoisotopic (exact) mass is 467 g/mol. The fourth-order valence-corrected chi connectivity index (χ4v) is 5.51. The lowest BCUT2D eigenvalue weighted by molar-refractivity contribution is -0.123. The zero-order valence-corrected chi connectivity index (χ0v) is 19.1. The van der Waals surface area contributed by atoms with Gasteiger partial charge in [0.1, 0.15) is 6.04 Å². The highest BCUT2D eigenvalue weighted by atomic mass is 32.2. The number of sulfonamides is 1. The second kappa shape index (κ2) is 10.3. The van der Waals surface area contributed by atoms with Crippen LogP contribution in [0.5, 0.6) is 0 Å². The van der Waals surface area contributed by atoms with Crippen molar-refractivity contribution in [1.29, 1.82) is 0 Å². The molecule has 2 aliphatic carbocycles. The Morgan fingerprint density at radius 2 is 1.85 bits per heavy atom. The average Bonchev–Trinajstić information content (AvgIpc) is 3.32. The SMILES string of the molecule is NNN=C1C=CC(C[C@H](NS(=O)(=O)c2ccc3ccccc3c2)C(=O)NC2CCCC2)=CC1. The van der Waals surface area contributed by atoms with E-state index in [1.807, 2.05) is 36.4 Å². The molecule has 0 heterocycles. The zero-order valence-electron chi connectivity index (χ0n) is 18.3. The van der Waals surface area contributed by atoms with Crippen molar-refractivity contribution in [3.05, 3.63) is 66.3 Å². The first-order valence-electron chi connectivity index (χ1n) is 11.2. The Hall–Kier alpha value is -3.01. The molecule has 33 heavy (non-hydrogen) atoms. The van der Waals surface area contributed by atoms with Gasteiger partial charge in [-0.2, -0.15) is 9.82 Å². The summed E-state index contributed by atoms with van der Waals surface area (Å²) in [4.78, 5) is 13.3. The molecule has 2 aromatic carbocycles. The molecule has 1 atom stereocenters. The number of hydrogen-bond donors (Lipinski definition) is 4. The van der Waals surface area contributed by atoms with Gasteiger partial charge in [-0.25, -0.2) is 19.8 Å². The molecule has 2 aliphatic rings. The van der Waals surface area contributed by atoms with Gasteiger partial charge in [-0.1, -0.05) is 55.3 Å². The third-order valence-electron chi connectivity index (χ3n) is 6.06. The van der Waals surface area contributed by atoms with Crippen molar-refractivity contribution in [2.24, 2.45) is 10.9 Å². The highest BCUT2D eigenvalue weighted by molar-refractivity contribution is 7.89. The Labute approximate surface area is 194 Å². The molecule has 1 saturated carbocycles. The summed E-state index contributed by atoms with van der Waals surface area (Å²) in [6.45, 7) is 0. The van der Waals surface area contributed by atoms with E-state index in [9.17, 15) is 13.2 Å². The first-order valence-corrected chi connectivity index (χ1v) is 12.6. The molecule has 0 spiro atoms. The number of hydrogen-bond acceptors (Lipinski definition) is 6. The van der Waals surface area contributed by atoms with Crippen molar-refractivity contribution < 1.29 is 13.2 Å². The van der Waals surface area contributed by atoms with Crippen molar-refractivity contribution in [3.63, 3.8) is 0 Å². The summed E-state index contributed by atoms with van der Waals surface area (Å²) >= 11 is 0. The van der Waals surface area contributed by atoms with E-state index in [1.165, 1.54) is 0 Å². The molecule has 4 rings (SSSR count). The second-order valence-electron chi connectivity index (χ2n) is 8.43. The van der Waals surface area contributed by atoms with E-state index in [0.717, 1.165) is 47.7 Å². The normalized spacial score (nSPS) is 18.9. The van der Waals surface area contributed by atoms with Crippen LogP contribution in [-0.4, -0.2) is 32.1 Å². The zero-order chi connectivity index (χ0) is 23.3. The maximum absolute atomic E-state index is 13.2. The van der Waals surface area contributed by atoms with Gasteiger partial charge in [0.15, 0.2) is 0 Å². The second-order valence-corrected chi connectivity index (χ2v) is 10.1. The van der Waals surface area contributed by atoms with Crippen LogP contribution < -0.4 is 21.4 Å². The fourth-order valence-electron chi connectivity index (χ4n) is 4.28. The van der Waals surface area contributed by atoms with Gasteiger partial charge in [0.2, 0.25) is 15.9 Å². The quantitative estimate of drug-likeness (QED) is 0.351.